The van der Waals surface area contributed by atoms with Crippen molar-refractivity contribution in [2.24, 2.45) is 23.7 Å². The molecule has 1 aromatic heterocycles. The summed E-state index contributed by atoms with van der Waals surface area (Å²) in [4.78, 5) is 4.56. The van der Waals surface area contributed by atoms with Gasteiger partial charge in [0, 0.05) is 24.9 Å². The molecule has 1 aromatic rings. The highest BCUT2D eigenvalue weighted by Crippen LogP contribution is 2.59. The van der Waals surface area contributed by atoms with Crippen molar-refractivity contribution in [1.29, 1.82) is 0 Å². The third-order valence-corrected chi connectivity index (χ3v) is 6.48. The second-order valence-corrected chi connectivity index (χ2v) is 8.09. The topological polar surface area (TPSA) is 38.1 Å². The first kappa shape index (κ1) is 12.7. The number of aromatic nitrogens is 1. The molecular weight excluding hydrogens is 260 g/mol. The average molecular weight is 286 g/mol. The molecule has 3 heteroatoms. The lowest BCUT2D eigenvalue weighted by atomic mass is 9.51. The van der Waals surface area contributed by atoms with Gasteiger partial charge in [0.25, 0.3) is 0 Å². The van der Waals surface area contributed by atoms with Gasteiger partial charge in [-0.05, 0) is 68.6 Å². The zero-order chi connectivity index (χ0) is 13.8. The van der Waals surface area contributed by atoms with Gasteiger partial charge in [-0.1, -0.05) is 0 Å². The van der Waals surface area contributed by atoms with E-state index in [2.05, 4.69) is 16.5 Å². The minimum absolute atomic E-state index is 0.690. The Morgan fingerprint density at radius 1 is 1.05 bits per heavy atom. The number of hydrogen-bond donors (Lipinski definition) is 1. The minimum atomic E-state index is 0.690. The first-order chi connectivity index (χ1) is 10.3. The quantitative estimate of drug-likeness (QED) is 0.900. The van der Waals surface area contributed by atoms with E-state index in [-0.39, 0.29) is 0 Å². The van der Waals surface area contributed by atoms with Crippen LogP contribution < -0.4 is 5.32 Å². The fourth-order valence-corrected chi connectivity index (χ4v) is 5.65. The summed E-state index contributed by atoms with van der Waals surface area (Å²) in [5.41, 5.74) is 0. The summed E-state index contributed by atoms with van der Waals surface area (Å²) in [6.45, 7) is 1.02. The van der Waals surface area contributed by atoms with E-state index in [9.17, 15) is 0 Å². The summed E-state index contributed by atoms with van der Waals surface area (Å²) in [5, 5.41) is 3.55. The first-order valence-electron chi connectivity index (χ1n) is 9.03. The highest BCUT2D eigenvalue weighted by molar-refractivity contribution is 5.13. The Bertz CT molecular complexity index is 491. The largest absolute Gasteiger partial charge is 0.445 e. The SMILES string of the molecule is c1nc(CCNC2CC2)oc1C1C2CC3CC(C2)CC1C3. The lowest BCUT2D eigenvalue weighted by Gasteiger charge is -2.53. The molecule has 0 aromatic carbocycles. The van der Waals surface area contributed by atoms with Gasteiger partial charge >= 0.3 is 0 Å². The Labute approximate surface area is 126 Å². The van der Waals surface area contributed by atoms with Crippen LogP contribution in [0.5, 0.6) is 0 Å². The van der Waals surface area contributed by atoms with E-state index in [1.54, 1.807) is 0 Å². The molecule has 0 radical (unpaired) electrons. The van der Waals surface area contributed by atoms with Crippen molar-refractivity contribution in [1.82, 2.24) is 10.3 Å². The summed E-state index contributed by atoms with van der Waals surface area (Å²) >= 11 is 0. The minimum Gasteiger partial charge on any atom is -0.445 e. The van der Waals surface area contributed by atoms with Crippen LogP contribution in [0.15, 0.2) is 10.6 Å². The van der Waals surface area contributed by atoms with Gasteiger partial charge in [-0.15, -0.1) is 0 Å². The molecule has 0 atom stereocenters. The molecule has 6 rings (SSSR count). The Kier molecular flexibility index (Phi) is 2.92. The molecule has 0 spiro atoms. The predicted molar refractivity (Wildman–Crippen MR) is 81.0 cm³/mol. The Morgan fingerprint density at radius 2 is 1.76 bits per heavy atom. The van der Waals surface area contributed by atoms with Crippen molar-refractivity contribution in [3.63, 3.8) is 0 Å². The van der Waals surface area contributed by atoms with Crippen LogP contribution in [0.1, 0.15) is 62.5 Å². The standard InChI is InChI=1S/C18H26N2O/c1-2-15(1)19-4-3-17-20-10-16(21-17)18-13-6-11-5-12(8-13)9-14(18)7-11/h10-15,18-19H,1-9H2. The smallest absolute Gasteiger partial charge is 0.195 e. The van der Waals surface area contributed by atoms with Crippen LogP contribution in [0.4, 0.5) is 0 Å². The van der Waals surface area contributed by atoms with E-state index in [4.69, 9.17) is 4.42 Å². The van der Waals surface area contributed by atoms with Crippen molar-refractivity contribution in [3.8, 4) is 0 Å². The van der Waals surface area contributed by atoms with Crippen LogP contribution in [0, 0.1) is 23.7 Å². The molecule has 0 amide bonds. The van der Waals surface area contributed by atoms with E-state index in [1.165, 1.54) is 50.7 Å². The number of nitrogens with one attached hydrogen (secondary N) is 1. The van der Waals surface area contributed by atoms with Gasteiger partial charge in [0.05, 0.1) is 6.20 Å². The third-order valence-electron chi connectivity index (χ3n) is 6.48. The van der Waals surface area contributed by atoms with Crippen molar-refractivity contribution >= 4 is 0 Å². The number of hydrogen-bond acceptors (Lipinski definition) is 3. The maximum absolute atomic E-state index is 6.16. The maximum atomic E-state index is 6.16. The van der Waals surface area contributed by atoms with E-state index < -0.39 is 0 Å². The maximum Gasteiger partial charge on any atom is 0.195 e. The van der Waals surface area contributed by atoms with Crippen LogP contribution in [-0.4, -0.2) is 17.6 Å². The van der Waals surface area contributed by atoms with Gasteiger partial charge in [-0.2, -0.15) is 0 Å². The number of oxazole rings is 1. The van der Waals surface area contributed by atoms with Crippen LogP contribution in [0.25, 0.3) is 0 Å². The molecule has 3 nitrogen and oxygen atoms in total. The molecule has 4 bridgehead atoms. The second kappa shape index (κ2) is 4.84. The van der Waals surface area contributed by atoms with E-state index in [1.807, 2.05) is 0 Å². The molecule has 1 N–H and O–H groups in total. The van der Waals surface area contributed by atoms with Crippen LogP contribution in [0.3, 0.4) is 0 Å². The van der Waals surface area contributed by atoms with Gasteiger partial charge in [-0.25, -0.2) is 4.98 Å². The summed E-state index contributed by atoms with van der Waals surface area (Å²) in [5.74, 6) is 6.72. The highest BCUT2D eigenvalue weighted by atomic mass is 16.4. The zero-order valence-electron chi connectivity index (χ0n) is 12.8. The fourth-order valence-electron chi connectivity index (χ4n) is 5.65. The zero-order valence-corrected chi connectivity index (χ0v) is 12.8. The molecule has 5 saturated carbocycles. The highest BCUT2D eigenvalue weighted by Gasteiger charge is 2.49. The van der Waals surface area contributed by atoms with Crippen molar-refractivity contribution in [2.75, 3.05) is 6.54 Å². The summed E-state index contributed by atoms with van der Waals surface area (Å²) in [6.07, 6.45) is 13.0. The molecular formula is C18H26N2O. The van der Waals surface area contributed by atoms with Gasteiger partial charge < -0.3 is 9.73 Å². The molecule has 1 heterocycles. The van der Waals surface area contributed by atoms with Gasteiger partial charge in [0.2, 0.25) is 0 Å². The average Bonchev–Trinajstić information content (AvgIpc) is 3.16. The van der Waals surface area contributed by atoms with E-state index in [0.29, 0.717) is 5.92 Å². The van der Waals surface area contributed by atoms with Crippen molar-refractivity contribution < 1.29 is 4.42 Å². The predicted octanol–water partition coefficient (Wildman–Crippen LogP) is 3.51. The van der Waals surface area contributed by atoms with Crippen LogP contribution in [-0.2, 0) is 6.42 Å². The summed E-state index contributed by atoms with van der Waals surface area (Å²) in [6, 6.07) is 0.781. The van der Waals surface area contributed by atoms with Crippen LogP contribution in [0.2, 0.25) is 0 Å². The third kappa shape index (κ3) is 2.34. The molecule has 5 aliphatic rings. The Morgan fingerprint density at radius 3 is 2.43 bits per heavy atom. The molecule has 5 fully saturated rings. The Hall–Kier alpha value is -0.830. The lowest BCUT2D eigenvalue weighted by Crippen LogP contribution is -2.43. The first-order valence-corrected chi connectivity index (χ1v) is 9.03. The fraction of sp³-hybridized carbons (Fsp3) is 0.833. The van der Waals surface area contributed by atoms with Gasteiger partial charge in [0.15, 0.2) is 5.89 Å². The number of rotatable bonds is 5. The molecule has 114 valence electrons. The summed E-state index contributed by atoms with van der Waals surface area (Å²) < 4.78 is 6.16. The number of nitrogens with zero attached hydrogens (tertiary/aromatic N) is 1. The van der Waals surface area contributed by atoms with Gasteiger partial charge in [-0.3, -0.25) is 0 Å². The van der Waals surface area contributed by atoms with Crippen molar-refractivity contribution in [2.45, 2.75) is 63.3 Å². The Balaban J connectivity index is 1.28. The molecule has 0 aliphatic heterocycles. The van der Waals surface area contributed by atoms with Gasteiger partial charge in [0.1, 0.15) is 5.76 Å². The second-order valence-electron chi connectivity index (χ2n) is 8.09. The van der Waals surface area contributed by atoms with E-state index >= 15 is 0 Å². The van der Waals surface area contributed by atoms with Crippen molar-refractivity contribution in [3.05, 3.63) is 17.8 Å². The van der Waals surface area contributed by atoms with Crippen LogP contribution >= 0.6 is 0 Å². The molecule has 21 heavy (non-hydrogen) atoms. The molecule has 0 unspecified atom stereocenters. The normalized spacial score (nSPS) is 40.9. The monoisotopic (exact) mass is 286 g/mol. The summed E-state index contributed by atoms with van der Waals surface area (Å²) in [7, 11) is 0. The lowest BCUT2D eigenvalue weighted by molar-refractivity contribution is -0.00991. The molecule has 5 aliphatic carbocycles. The van der Waals surface area contributed by atoms with E-state index in [0.717, 1.165) is 48.6 Å². The molecule has 0 saturated heterocycles.